The van der Waals surface area contributed by atoms with Gasteiger partial charge in [0, 0.05) is 5.39 Å². The highest BCUT2D eigenvalue weighted by molar-refractivity contribution is 6.34. The van der Waals surface area contributed by atoms with E-state index >= 15 is 0 Å². The summed E-state index contributed by atoms with van der Waals surface area (Å²) >= 11 is 6.46. The second-order valence-electron chi connectivity index (χ2n) is 6.90. The van der Waals surface area contributed by atoms with Crippen molar-refractivity contribution in [1.82, 2.24) is 14.6 Å². The molecule has 5 heteroatoms. The van der Waals surface area contributed by atoms with Crippen LogP contribution >= 0.6 is 11.6 Å². The summed E-state index contributed by atoms with van der Waals surface area (Å²) in [6, 6.07) is 17.2. The fraction of sp³-hybridized carbons (Fsp3) is 0.238. The van der Waals surface area contributed by atoms with Crippen molar-refractivity contribution in [3.63, 3.8) is 0 Å². The van der Waals surface area contributed by atoms with E-state index in [1.54, 1.807) is 0 Å². The Morgan fingerprint density at radius 3 is 2.85 bits per heavy atom. The summed E-state index contributed by atoms with van der Waals surface area (Å²) in [7, 11) is 0. The van der Waals surface area contributed by atoms with Gasteiger partial charge in [-0.25, -0.2) is 9.50 Å². The van der Waals surface area contributed by atoms with E-state index in [1.165, 1.54) is 17.5 Å². The van der Waals surface area contributed by atoms with Crippen molar-refractivity contribution in [2.45, 2.75) is 32.2 Å². The van der Waals surface area contributed by atoms with Crippen LogP contribution in [0.2, 0.25) is 5.02 Å². The molecule has 2 heterocycles. The fourth-order valence-electron chi connectivity index (χ4n) is 3.96. The minimum atomic E-state index is 0.265. The number of halogens is 1. The van der Waals surface area contributed by atoms with Crippen molar-refractivity contribution < 1.29 is 0 Å². The molecule has 2 aromatic heterocycles. The Balaban J connectivity index is 1.68. The SMILES string of the molecule is Cc1nn2c(nc(NC3CCCc4ccccc43)c3ccccc32)c1Cl. The summed E-state index contributed by atoms with van der Waals surface area (Å²) in [4.78, 5) is 4.85. The van der Waals surface area contributed by atoms with Crippen LogP contribution < -0.4 is 5.32 Å². The Bertz CT molecular complexity index is 1130. The first kappa shape index (κ1) is 15.6. The monoisotopic (exact) mass is 362 g/mol. The molecule has 0 fully saturated rings. The van der Waals surface area contributed by atoms with Crippen LogP contribution in [0.25, 0.3) is 16.6 Å². The quantitative estimate of drug-likeness (QED) is 0.523. The third-order valence-electron chi connectivity index (χ3n) is 5.25. The highest BCUT2D eigenvalue weighted by Crippen LogP contribution is 2.35. The molecule has 26 heavy (non-hydrogen) atoms. The maximum Gasteiger partial charge on any atom is 0.176 e. The summed E-state index contributed by atoms with van der Waals surface area (Å²) in [6.45, 7) is 1.91. The van der Waals surface area contributed by atoms with E-state index in [1.807, 2.05) is 23.6 Å². The zero-order chi connectivity index (χ0) is 17.7. The summed E-state index contributed by atoms with van der Waals surface area (Å²) in [5.74, 6) is 0.872. The molecule has 0 saturated heterocycles. The number of anilines is 1. The summed E-state index contributed by atoms with van der Waals surface area (Å²) in [6.07, 6.45) is 3.43. The van der Waals surface area contributed by atoms with Crippen molar-refractivity contribution in [3.05, 3.63) is 70.4 Å². The molecule has 0 radical (unpaired) electrons. The van der Waals surface area contributed by atoms with Gasteiger partial charge in [0.05, 0.1) is 17.3 Å². The van der Waals surface area contributed by atoms with Crippen LogP contribution in [0.15, 0.2) is 48.5 Å². The van der Waals surface area contributed by atoms with E-state index in [0.717, 1.165) is 35.3 Å². The number of para-hydroxylation sites is 1. The van der Waals surface area contributed by atoms with Gasteiger partial charge in [-0.2, -0.15) is 5.10 Å². The van der Waals surface area contributed by atoms with E-state index in [2.05, 4.69) is 46.8 Å². The van der Waals surface area contributed by atoms with Crippen molar-refractivity contribution >= 4 is 34.0 Å². The van der Waals surface area contributed by atoms with Crippen molar-refractivity contribution in [2.24, 2.45) is 0 Å². The van der Waals surface area contributed by atoms with E-state index in [0.29, 0.717) is 10.7 Å². The Kier molecular flexibility index (Phi) is 3.61. The van der Waals surface area contributed by atoms with Crippen LogP contribution in [0.1, 0.15) is 35.7 Å². The van der Waals surface area contributed by atoms with Crippen LogP contribution in [0.4, 0.5) is 5.82 Å². The van der Waals surface area contributed by atoms with Crippen LogP contribution in [0.5, 0.6) is 0 Å². The molecular formula is C21H19ClN4. The third kappa shape index (κ3) is 2.36. The standard InChI is InChI=1S/C21H19ClN4/c1-13-19(22)21-24-20(16-10-4-5-12-18(16)26(21)25-13)23-17-11-6-8-14-7-2-3-9-15(14)17/h2-5,7,9-10,12,17H,6,8,11H2,1H3,(H,23,24). The second-order valence-corrected chi connectivity index (χ2v) is 7.28. The Morgan fingerprint density at radius 2 is 1.92 bits per heavy atom. The molecule has 0 amide bonds. The van der Waals surface area contributed by atoms with E-state index in [4.69, 9.17) is 16.6 Å². The fourth-order valence-corrected chi connectivity index (χ4v) is 4.12. The van der Waals surface area contributed by atoms with Gasteiger partial charge in [-0.15, -0.1) is 0 Å². The number of aryl methyl sites for hydroxylation is 2. The lowest BCUT2D eigenvalue weighted by molar-refractivity contribution is 0.599. The smallest absolute Gasteiger partial charge is 0.176 e. The third-order valence-corrected chi connectivity index (χ3v) is 5.69. The molecule has 0 aliphatic heterocycles. The molecular weight excluding hydrogens is 344 g/mol. The first-order valence-electron chi connectivity index (χ1n) is 9.00. The predicted octanol–water partition coefficient (Wildman–Crippen LogP) is 5.33. The normalized spacial score (nSPS) is 16.8. The number of rotatable bonds is 2. The minimum Gasteiger partial charge on any atom is -0.363 e. The second kappa shape index (κ2) is 5.99. The number of hydrogen-bond acceptors (Lipinski definition) is 3. The molecule has 130 valence electrons. The van der Waals surface area contributed by atoms with Crippen LogP contribution in [0.3, 0.4) is 0 Å². The van der Waals surface area contributed by atoms with Gasteiger partial charge in [0.25, 0.3) is 0 Å². The van der Waals surface area contributed by atoms with E-state index < -0.39 is 0 Å². The van der Waals surface area contributed by atoms with Gasteiger partial charge in [-0.3, -0.25) is 0 Å². The number of hydrogen-bond donors (Lipinski definition) is 1. The molecule has 1 aliphatic carbocycles. The number of benzene rings is 2. The molecule has 1 aliphatic rings. The Morgan fingerprint density at radius 1 is 1.12 bits per heavy atom. The minimum absolute atomic E-state index is 0.265. The maximum absolute atomic E-state index is 6.46. The van der Waals surface area contributed by atoms with Crippen LogP contribution in [-0.2, 0) is 6.42 Å². The highest BCUT2D eigenvalue weighted by Gasteiger charge is 2.22. The summed E-state index contributed by atoms with van der Waals surface area (Å²) < 4.78 is 1.84. The number of nitrogens with one attached hydrogen (secondary N) is 1. The topological polar surface area (TPSA) is 42.2 Å². The average molecular weight is 363 g/mol. The predicted molar refractivity (Wildman–Crippen MR) is 106 cm³/mol. The molecule has 5 rings (SSSR count). The lowest BCUT2D eigenvalue weighted by Gasteiger charge is -2.27. The van der Waals surface area contributed by atoms with Gasteiger partial charge in [-0.1, -0.05) is 48.0 Å². The van der Waals surface area contributed by atoms with E-state index in [9.17, 15) is 0 Å². The van der Waals surface area contributed by atoms with Gasteiger partial charge in [0.2, 0.25) is 0 Å². The molecule has 4 nitrogen and oxygen atoms in total. The molecule has 1 atom stereocenters. The summed E-state index contributed by atoms with van der Waals surface area (Å²) in [5.41, 5.74) is 5.32. The van der Waals surface area contributed by atoms with Gasteiger partial charge in [-0.05, 0) is 49.4 Å². The molecule has 2 aromatic carbocycles. The van der Waals surface area contributed by atoms with Gasteiger partial charge in [0.15, 0.2) is 5.65 Å². The zero-order valence-corrected chi connectivity index (χ0v) is 15.3. The molecule has 1 unspecified atom stereocenters. The van der Waals surface area contributed by atoms with Crippen molar-refractivity contribution in [2.75, 3.05) is 5.32 Å². The van der Waals surface area contributed by atoms with Crippen molar-refractivity contribution in [3.8, 4) is 0 Å². The van der Waals surface area contributed by atoms with Gasteiger partial charge < -0.3 is 5.32 Å². The largest absolute Gasteiger partial charge is 0.363 e. The molecule has 0 spiro atoms. The molecule has 1 N–H and O–H groups in total. The number of fused-ring (bicyclic) bond motifs is 4. The first-order chi connectivity index (χ1) is 12.7. The Labute approximate surface area is 156 Å². The summed E-state index contributed by atoms with van der Waals surface area (Å²) in [5, 5.41) is 9.93. The van der Waals surface area contributed by atoms with Crippen LogP contribution in [-0.4, -0.2) is 14.6 Å². The zero-order valence-electron chi connectivity index (χ0n) is 14.5. The van der Waals surface area contributed by atoms with Gasteiger partial charge in [0.1, 0.15) is 10.8 Å². The van der Waals surface area contributed by atoms with Crippen molar-refractivity contribution in [1.29, 1.82) is 0 Å². The highest BCUT2D eigenvalue weighted by atomic mass is 35.5. The lowest BCUT2D eigenvalue weighted by Crippen LogP contribution is -2.18. The number of nitrogens with zero attached hydrogens (tertiary/aromatic N) is 3. The Hall–Kier alpha value is -2.59. The van der Waals surface area contributed by atoms with E-state index in [-0.39, 0.29) is 6.04 Å². The van der Waals surface area contributed by atoms with Crippen LogP contribution in [0, 0.1) is 6.92 Å². The molecule has 0 bridgehead atoms. The molecule has 4 aromatic rings. The molecule has 0 saturated carbocycles. The maximum atomic E-state index is 6.46. The lowest BCUT2D eigenvalue weighted by atomic mass is 9.88. The number of aromatic nitrogens is 3. The first-order valence-corrected chi connectivity index (χ1v) is 9.38. The average Bonchev–Trinajstić information content (AvgIpc) is 2.97. The van der Waals surface area contributed by atoms with Gasteiger partial charge >= 0.3 is 0 Å².